The zero-order valence-corrected chi connectivity index (χ0v) is 17.3. The van der Waals surface area contributed by atoms with Crippen molar-refractivity contribution in [1.29, 1.82) is 0 Å². The summed E-state index contributed by atoms with van der Waals surface area (Å²) < 4.78 is 21.4. The van der Waals surface area contributed by atoms with Gasteiger partial charge in [0.25, 0.3) is 5.88 Å². The molecule has 0 saturated carbocycles. The van der Waals surface area contributed by atoms with Gasteiger partial charge >= 0.3 is 0 Å². The van der Waals surface area contributed by atoms with Gasteiger partial charge in [0.05, 0.1) is 17.5 Å². The third-order valence-electron chi connectivity index (χ3n) is 5.81. The fourth-order valence-electron chi connectivity index (χ4n) is 4.22. The summed E-state index contributed by atoms with van der Waals surface area (Å²) in [5.41, 5.74) is 4.23. The van der Waals surface area contributed by atoms with E-state index in [4.69, 9.17) is 4.74 Å². The lowest BCUT2D eigenvalue weighted by Crippen LogP contribution is -2.26. The highest BCUT2D eigenvalue weighted by Crippen LogP contribution is 2.36. The van der Waals surface area contributed by atoms with Crippen LogP contribution in [0, 0.1) is 5.82 Å². The molecule has 0 spiro atoms. The van der Waals surface area contributed by atoms with Crippen LogP contribution in [0.4, 0.5) is 4.39 Å². The van der Waals surface area contributed by atoms with Crippen LogP contribution in [0.3, 0.4) is 0 Å². The highest BCUT2D eigenvalue weighted by molar-refractivity contribution is 5.87. The van der Waals surface area contributed by atoms with Crippen LogP contribution in [0.25, 0.3) is 16.8 Å². The van der Waals surface area contributed by atoms with Crippen LogP contribution in [-0.4, -0.2) is 38.3 Å². The fraction of sp³-hybridized carbons (Fsp3) is 0.160. The van der Waals surface area contributed by atoms with Gasteiger partial charge in [-0.1, -0.05) is 6.58 Å². The van der Waals surface area contributed by atoms with Crippen LogP contribution in [0.15, 0.2) is 79.9 Å². The second-order valence-corrected chi connectivity index (χ2v) is 7.71. The van der Waals surface area contributed by atoms with E-state index in [0.717, 1.165) is 29.7 Å². The lowest BCUT2D eigenvalue weighted by molar-refractivity contribution is -0.125. The number of nitrogens with zero attached hydrogens (tertiary/aromatic N) is 4. The van der Waals surface area contributed by atoms with Gasteiger partial charge in [-0.2, -0.15) is 0 Å². The van der Waals surface area contributed by atoms with Gasteiger partial charge in [0.1, 0.15) is 5.75 Å². The van der Waals surface area contributed by atoms with Gasteiger partial charge in [-0.25, -0.2) is 14.4 Å². The van der Waals surface area contributed by atoms with Crippen LogP contribution in [-0.2, 0) is 4.79 Å². The molecule has 6 nitrogen and oxygen atoms in total. The van der Waals surface area contributed by atoms with E-state index in [9.17, 15) is 9.18 Å². The Kier molecular flexibility index (Phi) is 5.15. The van der Waals surface area contributed by atoms with E-state index in [1.54, 1.807) is 24.7 Å². The van der Waals surface area contributed by atoms with Crippen molar-refractivity contribution < 1.29 is 13.9 Å². The van der Waals surface area contributed by atoms with Crippen LogP contribution >= 0.6 is 0 Å². The predicted octanol–water partition coefficient (Wildman–Crippen LogP) is 4.83. The van der Waals surface area contributed by atoms with Gasteiger partial charge in [-0.05, 0) is 72.2 Å². The molecule has 7 heteroatoms. The number of hydrogen-bond acceptors (Lipinski definition) is 4. The number of ether oxygens (including phenoxy) is 1. The van der Waals surface area contributed by atoms with Gasteiger partial charge in [0, 0.05) is 31.4 Å². The lowest BCUT2D eigenvalue weighted by Gasteiger charge is -2.13. The molecule has 32 heavy (non-hydrogen) atoms. The topological polar surface area (TPSA) is 59.7 Å². The zero-order valence-electron chi connectivity index (χ0n) is 17.3. The average molecular weight is 428 g/mol. The van der Waals surface area contributed by atoms with Crippen molar-refractivity contribution >= 4 is 11.4 Å². The van der Waals surface area contributed by atoms with Crippen LogP contribution in [0.1, 0.15) is 17.9 Å². The number of benzene rings is 1. The van der Waals surface area contributed by atoms with Gasteiger partial charge in [-0.3, -0.25) is 4.79 Å². The van der Waals surface area contributed by atoms with E-state index >= 15 is 0 Å². The second-order valence-electron chi connectivity index (χ2n) is 7.71. The predicted molar refractivity (Wildman–Crippen MR) is 119 cm³/mol. The van der Waals surface area contributed by atoms with Crippen molar-refractivity contribution in [3.8, 4) is 22.9 Å². The van der Waals surface area contributed by atoms with Crippen LogP contribution < -0.4 is 4.74 Å². The monoisotopic (exact) mass is 428 g/mol. The number of rotatable bonds is 5. The molecule has 1 saturated heterocycles. The first-order valence-corrected chi connectivity index (χ1v) is 10.4. The molecular weight excluding hydrogens is 407 g/mol. The molecule has 1 amide bonds. The van der Waals surface area contributed by atoms with E-state index < -0.39 is 5.82 Å². The number of aromatic nitrogens is 3. The van der Waals surface area contributed by atoms with Crippen molar-refractivity contribution in [2.24, 2.45) is 0 Å². The molecule has 1 unspecified atom stereocenters. The standard InChI is InChI=1S/C25H21FN4O2/c1-2-24(31)29-13-10-18(15-29)20-14-23(30-16-27-12-9-22(20)30)17-5-7-19(8-6-17)32-25-21(26)4-3-11-28-25/h2-9,11-12,14,16,18H,1,10,13,15H2. The van der Waals surface area contributed by atoms with E-state index in [0.29, 0.717) is 12.3 Å². The Balaban J connectivity index is 1.45. The van der Waals surface area contributed by atoms with Gasteiger partial charge in [0.15, 0.2) is 5.82 Å². The summed E-state index contributed by atoms with van der Waals surface area (Å²) in [5.74, 6) is 0.155. The van der Waals surface area contributed by atoms with Crippen LogP contribution in [0.5, 0.6) is 11.6 Å². The Hall–Kier alpha value is -4.00. The lowest BCUT2D eigenvalue weighted by atomic mass is 9.99. The maximum absolute atomic E-state index is 13.8. The van der Waals surface area contributed by atoms with E-state index in [1.165, 1.54) is 30.0 Å². The number of carbonyl (C=O) groups is 1. The SMILES string of the molecule is C=CC(=O)N1CCC(c2cc(-c3ccc(Oc4ncccc4F)cc3)n3cnccc23)C1. The first-order valence-electron chi connectivity index (χ1n) is 10.4. The Labute approximate surface area is 184 Å². The van der Waals surface area contributed by atoms with Crippen molar-refractivity contribution in [1.82, 2.24) is 19.3 Å². The molecule has 1 aliphatic rings. The molecule has 1 aliphatic heterocycles. The highest BCUT2D eigenvalue weighted by atomic mass is 19.1. The normalized spacial score (nSPS) is 15.8. The first kappa shape index (κ1) is 19.9. The average Bonchev–Trinajstić information content (AvgIpc) is 3.46. The van der Waals surface area contributed by atoms with Gasteiger partial charge in [-0.15, -0.1) is 0 Å². The smallest absolute Gasteiger partial charge is 0.255 e. The quantitative estimate of drug-likeness (QED) is 0.427. The minimum absolute atomic E-state index is 0.0298. The maximum Gasteiger partial charge on any atom is 0.255 e. The number of halogens is 1. The minimum atomic E-state index is -0.509. The third kappa shape index (κ3) is 3.62. The molecule has 5 rings (SSSR count). The molecule has 4 heterocycles. The second kappa shape index (κ2) is 8.26. The van der Waals surface area contributed by atoms with Crippen molar-refractivity contribution in [3.05, 3.63) is 91.3 Å². The number of carbonyl (C=O) groups excluding carboxylic acids is 1. The van der Waals surface area contributed by atoms with Crippen molar-refractivity contribution in [3.63, 3.8) is 0 Å². The summed E-state index contributed by atoms with van der Waals surface area (Å²) in [5, 5.41) is 0. The molecule has 3 aromatic heterocycles. The molecule has 1 aromatic carbocycles. The zero-order chi connectivity index (χ0) is 22.1. The minimum Gasteiger partial charge on any atom is -0.436 e. The summed E-state index contributed by atoms with van der Waals surface area (Å²) in [6.07, 6.45) is 7.34. The summed E-state index contributed by atoms with van der Waals surface area (Å²) in [6, 6.07) is 14.4. The largest absolute Gasteiger partial charge is 0.436 e. The molecule has 160 valence electrons. The molecule has 0 aliphatic carbocycles. The fourth-order valence-corrected chi connectivity index (χ4v) is 4.22. The van der Waals surface area contributed by atoms with E-state index in [-0.39, 0.29) is 17.7 Å². The van der Waals surface area contributed by atoms with E-state index in [2.05, 4.69) is 27.0 Å². The number of hydrogen-bond donors (Lipinski definition) is 0. The molecule has 0 radical (unpaired) electrons. The first-order chi connectivity index (χ1) is 15.6. The summed E-state index contributed by atoms with van der Waals surface area (Å²) in [6.45, 7) is 5.00. The number of amides is 1. The third-order valence-corrected chi connectivity index (χ3v) is 5.81. The van der Waals surface area contributed by atoms with Gasteiger partial charge < -0.3 is 14.0 Å². The van der Waals surface area contributed by atoms with Crippen LogP contribution in [0.2, 0.25) is 0 Å². The highest BCUT2D eigenvalue weighted by Gasteiger charge is 2.28. The summed E-state index contributed by atoms with van der Waals surface area (Å²) >= 11 is 0. The molecule has 0 bridgehead atoms. The molecule has 1 atom stereocenters. The van der Waals surface area contributed by atoms with Crippen molar-refractivity contribution in [2.45, 2.75) is 12.3 Å². The molecular formula is C25H21FN4O2. The Morgan fingerprint density at radius 3 is 2.81 bits per heavy atom. The summed E-state index contributed by atoms with van der Waals surface area (Å²) in [4.78, 5) is 22.1. The van der Waals surface area contributed by atoms with Gasteiger partial charge in [0.2, 0.25) is 5.91 Å². The molecule has 0 N–H and O–H groups in total. The Bertz CT molecular complexity index is 1300. The molecule has 4 aromatic rings. The Morgan fingerprint density at radius 2 is 2.03 bits per heavy atom. The van der Waals surface area contributed by atoms with E-state index in [1.807, 2.05) is 23.1 Å². The number of fused-ring (bicyclic) bond motifs is 1. The number of likely N-dealkylation sites (tertiary alicyclic amines) is 1. The molecule has 1 fully saturated rings. The Morgan fingerprint density at radius 1 is 1.19 bits per heavy atom. The van der Waals surface area contributed by atoms with Crippen molar-refractivity contribution in [2.75, 3.05) is 13.1 Å². The number of pyridine rings is 1. The summed E-state index contributed by atoms with van der Waals surface area (Å²) in [7, 11) is 0. The maximum atomic E-state index is 13.8.